The molecular formula is C42H57Cl2N9S2. The molecule has 0 aliphatic rings. The van der Waals surface area contributed by atoms with Crippen molar-refractivity contribution >= 4 is 91.1 Å². The molecule has 0 radical (unpaired) electrons. The first-order valence-electron chi connectivity index (χ1n) is 18.5. The van der Waals surface area contributed by atoms with Gasteiger partial charge in [-0.25, -0.2) is 15.0 Å². The number of hydrogen-bond acceptors (Lipinski definition) is 9. The van der Waals surface area contributed by atoms with E-state index in [1.165, 1.54) is 43.6 Å². The summed E-state index contributed by atoms with van der Waals surface area (Å²) in [6.07, 6.45) is 11.0. The van der Waals surface area contributed by atoms with E-state index in [-0.39, 0.29) is 7.43 Å². The Morgan fingerprint density at radius 1 is 0.782 bits per heavy atom. The fraction of sp³-hybridized carbons (Fsp3) is 0.333. The number of hydrogen-bond donors (Lipinski definition) is 5. The van der Waals surface area contributed by atoms with Gasteiger partial charge in [-0.05, 0) is 133 Å². The minimum Gasteiger partial charge on any atom is -0.398 e. The Labute approximate surface area is 349 Å². The van der Waals surface area contributed by atoms with Gasteiger partial charge in [-0.3, -0.25) is 0 Å². The maximum absolute atomic E-state index is 5.94. The number of nitrogen functional groups attached to an aromatic ring is 2. The van der Waals surface area contributed by atoms with Crippen LogP contribution in [-0.2, 0) is 25.9 Å². The molecule has 4 aromatic heterocycles. The molecule has 0 aliphatic heterocycles. The number of rotatable bonds is 12. The van der Waals surface area contributed by atoms with Crippen LogP contribution in [0.2, 0.25) is 10.0 Å². The van der Waals surface area contributed by atoms with Crippen molar-refractivity contribution < 1.29 is 1.37 Å². The van der Waals surface area contributed by atoms with Crippen LogP contribution in [0.4, 0.5) is 11.4 Å². The zero-order valence-corrected chi connectivity index (χ0v) is 34.7. The van der Waals surface area contributed by atoms with Crippen molar-refractivity contribution in [3.63, 3.8) is 0 Å². The molecule has 2 aromatic carbocycles. The first kappa shape index (κ1) is 47.0. The van der Waals surface area contributed by atoms with Crippen LogP contribution in [0.3, 0.4) is 0 Å². The fourth-order valence-electron chi connectivity index (χ4n) is 5.33. The monoisotopic (exact) mass is 822 g/mol. The third-order valence-electron chi connectivity index (χ3n) is 8.48. The second-order valence-electron chi connectivity index (χ2n) is 11.9. The number of nitrogens with one attached hydrogen (secondary N) is 2. The van der Waals surface area contributed by atoms with Gasteiger partial charge >= 0.3 is 0 Å². The largest absolute Gasteiger partial charge is 0.398 e. The third-order valence-corrected chi connectivity index (χ3v) is 9.70. The van der Waals surface area contributed by atoms with Crippen LogP contribution in [0, 0.1) is 0 Å². The zero-order valence-electron chi connectivity index (χ0n) is 32.5. The summed E-state index contributed by atoms with van der Waals surface area (Å²) in [4.78, 5) is 22.0. The summed E-state index contributed by atoms with van der Waals surface area (Å²) >= 11 is 21.7. The SMILES string of the molecule is C.CCN(CC)CC.NCc1ccc(Cl)c(N)c1.Nc1cc(CCC(=S)CCc2ccnc3[nH]ccc23)ccc1Cl.S=C=NCc1ccnc2[nH]ccc12.[2H]C. The molecule has 6 aromatic rings. The normalized spacial score (nSPS) is 10.1. The number of nitrogens with two attached hydrogens (primary N) is 3. The lowest BCUT2D eigenvalue weighted by molar-refractivity contribution is 0.321. The predicted octanol–water partition coefficient (Wildman–Crippen LogP) is 10.9. The summed E-state index contributed by atoms with van der Waals surface area (Å²) in [5.41, 5.74) is 24.3. The van der Waals surface area contributed by atoms with Crippen LogP contribution in [-0.4, -0.2) is 54.5 Å². The molecule has 55 heavy (non-hydrogen) atoms. The summed E-state index contributed by atoms with van der Waals surface area (Å²) < 4.78 is 5.75. The van der Waals surface area contributed by atoms with E-state index in [0.717, 1.165) is 58.4 Å². The molecule has 0 bridgehead atoms. The minimum absolute atomic E-state index is 0. The van der Waals surface area contributed by atoms with Crippen LogP contribution in [0.5, 0.6) is 0 Å². The molecule has 6 rings (SSSR count). The van der Waals surface area contributed by atoms with E-state index in [2.05, 4.69) is 80.1 Å². The highest BCUT2D eigenvalue weighted by atomic mass is 35.5. The van der Waals surface area contributed by atoms with Gasteiger partial charge in [0.2, 0.25) is 0 Å². The minimum atomic E-state index is 0. The van der Waals surface area contributed by atoms with E-state index < -0.39 is 0 Å². The molecule has 9 nitrogen and oxygen atoms in total. The lowest BCUT2D eigenvalue weighted by Crippen LogP contribution is -2.21. The molecule has 8 N–H and O–H groups in total. The van der Waals surface area contributed by atoms with E-state index >= 15 is 0 Å². The van der Waals surface area contributed by atoms with Crippen LogP contribution in [0.25, 0.3) is 22.1 Å². The van der Waals surface area contributed by atoms with Crippen LogP contribution in [0.15, 0.2) is 90.4 Å². The molecule has 4 heterocycles. The number of pyridine rings is 2. The third kappa shape index (κ3) is 16.2. The Kier molecular flexibility index (Phi) is 22.7. The van der Waals surface area contributed by atoms with Crippen molar-refractivity contribution in [2.24, 2.45) is 10.7 Å². The average molecular weight is 824 g/mol. The summed E-state index contributed by atoms with van der Waals surface area (Å²) in [5.74, 6) is 0. The molecule has 13 heteroatoms. The van der Waals surface area contributed by atoms with E-state index in [1.807, 2.05) is 55.0 Å². The number of anilines is 2. The maximum atomic E-state index is 5.94. The van der Waals surface area contributed by atoms with Gasteiger partial charge in [-0.1, -0.05) is 83.2 Å². The van der Waals surface area contributed by atoms with Gasteiger partial charge in [0.1, 0.15) is 11.3 Å². The topological polar surface area (TPSA) is 151 Å². The fourth-order valence-corrected chi connectivity index (χ4v) is 5.84. The van der Waals surface area contributed by atoms with E-state index in [4.69, 9.17) is 54.0 Å². The molecule has 0 unspecified atom stereocenters. The van der Waals surface area contributed by atoms with Gasteiger partial charge in [0.25, 0.3) is 0 Å². The molecule has 296 valence electrons. The summed E-state index contributed by atoms with van der Waals surface area (Å²) in [7, 11) is 1.25. The zero-order chi connectivity index (χ0) is 40.6. The number of aromatic nitrogens is 4. The van der Waals surface area contributed by atoms with Crippen LogP contribution >= 0.6 is 47.6 Å². The summed E-state index contributed by atoms with van der Waals surface area (Å²) in [5, 5.41) is 5.81. The smallest absolute Gasteiger partial charge is 0.137 e. The highest BCUT2D eigenvalue weighted by Gasteiger charge is 2.06. The number of isothiocyanates is 1. The Hall–Kier alpha value is -4.19. The molecule has 0 atom stereocenters. The number of aryl methyl sites for hydroxylation is 2. The van der Waals surface area contributed by atoms with Crippen molar-refractivity contribution in [2.75, 3.05) is 31.1 Å². The summed E-state index contributed by atoms with van der Waals surface area (Å²) in [6, 6.07) is 19.2. The Balaban J connectivity index is 0.000000404. The van der Waals surface area contributed by atoms with Gasteiger partial charge in [-0.15, -0.1) is 0 Å². The van der Waals surface area contributed by atoms with Crippen molar-refractivity contribution in [1.29, 1.82) is 0 Å². The average Bonchev–Trinajstić information content (AvgIpc) is 3.91. The number of benzene rings is 2. The maximum Gasteiger partial charge on any atom is 0.137 e. The molecular weight excluding hydrogens is 766 g/mol. The highest BCUT2D eigenvalue weighted by molar-refractivity contribution is 7.80. The van der Waals surface area contributed by atoms with Crippen LogP contribution in [0.1, 0.15) is 72.1 Å². The Bertz CT molecular complexity index is 2070. The molecule has 0 amide bonds. The predicted molar refractivity (Wildman–Crippen MR) is 247 cm³/mol. The van der Waals surface area contributed by atoms with Crippen molar-refractivity contribution in [2.45, 2.75) is 74.4 Å². The first-order valence-corrected chi connectivity index (χ1v) is 19.1. The first-order chi connectivity index (χ1) is 26.6. The highest BCUT2D eigenvalue weighted by Crippen LogP contribution is 2.22. The quantitative estimate of drug-likeness (QED) is 0.0465. The second-order valence-corrected chi connectivity index (χ2v) is 13.5. The number of nitrogens with zero attached hydrogens (tertiary/aromatic N) is 4. The molecule has 0 aliphatic carbocycles. The molecule has 0 saturated heterocycles. The van der Waals surface area contributed by atoms with Gasteiger partial charge in [-0.2, -0.15) is 0 Å². The number of H-pyrrole nitrogens is 2. The van der Waals surface area contributed by atoms with Gasteiger partial charge in [0.05, 0.1) is 33.1 Å². The lowest BCUT2D eigenvalue weighted by Gasteiger charge is -2.13. The molecule has 0 fully saturated rings. The van der Waals surface area contributed by atoms with Crippen molar-refractivity contribution in [1.82, 2.24) is 24.8 Å². The molecule has 0 saturated carbocycles. The summed E-state index contributed by atoms with van der Waals surface area (Å²) in [6.45, 7) is 11.2. The lowest BCUT2D eigenvalue weighted by atomic mass is 10.0. The number of halogens is 2. The van der Waals surface area contributed by atoms with E-state index in [0.29, 0.717) is 34.5 Å². The standard InChI is InChI=1S/C18H18ClN3S.C9H7N3S.C7H9ClN2.C6H15N.2CH4/c19-16-6-2-12(11-17(16)20)1-4-14(23)5-3-13-7-9-21-18-15(13)8-10-22-18;13-6-10-5-7-1-3-11-9-8(7)2-4-12-9;8-6-2-1-5(4-9)3-7(6)10;1-4-7(5-2)6-3;;/h2,6-11H,1,3-5,20H2,(H,21,22);1-4H,5H2,(H,11,12);1-3H,4,9-10H2;4-6H2,1-3H3;2*1H4/i;;;;1D;. The molecule has 0 spiro atoms. The second kappa shape index (κ2) is 26.6. The number of aromatic amines is 2. The van der Waals surface area contributed by atoms with Gasteiger partial charge in [0, 0.05) is 43.5 Å². The Morgan fingerprint density at radius 3 is 1.76 bits per heavy atom. The van der Waals surface area contributed by atoms with Gasteiger partial charge < -0.3 is 32.1 Å². The van der Waals surface area contributed by atoms with Gasteiger partial charge in [0.15, 0.2) is 0 Å². The number of aliphatic imine (C=N–C) groups is 1. The Morgan fingerprint density at radius 2 is 1.27 bits per heavy atom. The van der Waals surface area contributed by atoms with Crippen LogP contribution < -0.4 is 17.2 Å². The van der Waals surface area contributed by atoms with Crippen molar-refractivity contribution in [3.05, 3.63) is 118 Å². The number of fused-ring (bicyclic) bond motifs is 2. The van der Waals surface area contributed by atoms with E-state index in [1.54, 1.807) is 18.3 Å². The van der Waals surface area contributed by atoms with Crippen molar-refractivity contribution in [3.8, 4) is 0 Å². The number of thiocarbonyl (C=S) groups is 2. The van der Waals surface area contributed by atoms with E-state index in [9.17, 15) is 0 Å².